The summed E-state index contributed by atoms with van der Waals surface area (Å²) >= 11 is 0. The summed E-state index contributed by atoms with van der Waals surface area (Å²) in [5.41, 5.74) is 8.27. The van der Waals surface area contributed by atoms with Crippen molar-refractivity contribution in [2.45, 2.75) is 13.0 Å². The van der Waals surface area contributed by atoms with Gasteiger partial charge in [0.15, 0.2) is 11.5 Å². The first-order valence-corrected chi connectivity index (χ1v) is 9.13. The Morgan fingerprint density at radius 1 is 1.14 bits per heavy atom. The van der Waals surface area contributed by atoms with Gasteiger partial charge < -0.3 is 21.3 Å². The molecule has 0 saturated carbocycles. The summed E-state index contributed by atoms with van der Waals surface area (Å²) in [5, 5.41) is 13.6. The van der Waals surface area contributed by atoms with Gasteiger partial charge in [0.05, 0.1) is 5.69 Å². The first kappa shape index (κ1) is 18.8. The number of benzene rings is 2. The molecule has 0 fully saturated rings. The second-order valence-corrected chi connectivity index (χ2v) is 6.90. The molecule has 1 aliphatic heterocycles. The topological polar surface area (TPSA) is 109 Å². The zero-order valence-electron chi connectivity index (χ0n) is 15.8. The highest BCUT2D eigenvalue weighted by atomic mass is 19.1. The molecule has 29 heavy (non-hydrogen) atoms. The predicted octanol–water partition coefficient (Wildman–Crippen LogP) is 2.58. The average molecular weight is 393 g/mol. The Labute approximate surface area is 167 Å². The Kier molecular flexibility index (Phi) is 5.05. The highest BCUT2D eigenvalue weighted by Crippen LogP contribution is 2.27. The molecular formula is C20H20FN7O. The summed E-state index contributed by atoms with van der Waals surface area (Å²) in [7, 11) is 2.02. The molecule has 0 unspecified atom stereocenters. The van der Waals surface area contributed by atoms with Gasteiger partial charge in [0.1, 0.15) is 5.82 Å². The quantitative estimate of drug-likeness (QED) is 0.611. The summed E-state index contributed by atoms with van der Waals surface area (Å²) in [5.74, 6) is -0.970. The minimum atomic E-state index is -0.766. The molecule has 1 aromatic heterocycles. The molecule has 0 spiro atoms. The van der Waals surface area contributed by atoms with Crippen LogP contribution >= 0.6 is 0 Å². The lowest BCUT2D eigenvalue weighted by Crippen LogP contribution is -2.26. The molecule has 4 rings (SSSR count). The van der Waals surface area contributed by atoms with Crippen molar-refractivity contribution >= 4 is 29.0 Å². The smallest absolute Gasteiger partial charge is 0.273 e. The van der Waals surface area contributed by atoms with Gasteiger partial charge in [-0.05, 0) is 48.9 Å². The number of hydrogen-bond acceptors (Lipinski definition) is 7. The van der Waals surface area contributed by atoms with Crippen LogP contribution in [0.25, 0.3) is 0 Å². The summed E-state index contributed by atoms with van der Waals surface area (Å²) in [6.07, 6.45) is 0.805. The molecule has 1 amide bonds. The van der Waals surface area contributed by atoms with E-state index in [1.807, 2.05) is 25.2 Å². The summed E-state index contributed by atoms with van der Waals surface area (Å²) < 4.78 is 14.6. The van der Waals surface area contributed by atoms with Crippen molar-refractivity contribution in [1.82, 2.24) is 20.1 Å². The lowest BCUT2D eigenvalue weighted by Gasteiger charge is -2.25. The van der Waals surface area contributed by atoms with Gasteiger partial charge in [-0.2, -0.15) is 4.98 Å². The van der Waals surface area contributed by atoms with Crippen LogP contribution in [-0.2, 0) is 13.0 Å². The molecule has 0 bridgehead atoms. The number of hydrogen-bond donors (Lipinski definition) is 3. The van der Waals surface area contributed by atoms with E-state index in [0.29, 0.717) is 5.69 Å². The third kappa shape index (κ3) is 4.14. The number of rotatable bonds is 5. The fourth-order valence-electron chi connectivity index (χ4n) is 3.23. The largest absolute Gasteiger partial charge is 0.364 e. The first-order valence-electron chi connectivity index (χ1n) is 9.13. The SMILES string of the molecule is CN1CCc2cc(F)c(Nc3nnc(C(N)=O)c(Nc4ccccc4)n3)cc2C1. The fraction of sp³-hybridized carbons (Fsp3) is 0.200. The Bertz CT molecular complexity index is 1060. The van der Waals surface area contributed by atoms with Crippen LogP contribution in [0.3, 0.4) is 0 Å². The predicted molar refractivity (Wildman–Crippen MR) is 108 cm³/mol. The average Bonchev–Trinajstić information content (AvgIpc) is 2.70. The number of likely N-dealkylation sites (N-methyl/N-ethyl adjacent to an activating group) is 1. The number of nitrogens with two attached hydrogens (primary N) is 1. The van der Waals surface area contributed by atoms with Crippen molar-refractivity contribution in [2.75, 3.05) is 24.2 Å². The number of para-hydroxylation sites is 1. The third-order valence-electron chi connectivity index (χ3n) is 4.70. The van der Waals surface area contributed by atoms with E-state index in [1.54, 1.807) is 24.3 Å². The maximum Gasteiger partial charge on any atom is 0.273 e. The van der Waals surface area contributed by atoms with Crippen LogP contribution in [0.15, 0.2) is 42.5 Å². The van der Waals surface area contributed by atoms with E-state index in [4.69, 9.17) is 5.73 Å². The van der Waals surface area contributed by atoms with Crippen molar-refractivity contribution in [3.8, 4) is 0 Å². The van der Waals surface area contributed by atoms with Gasteiger partial charge in [0.2, 0.25) is 5.95 Å². The van der Waals surface area contributed by atoms with Crippen LogP contribution in [0.1, 0.15) is 21.6 Å². The summed E-state index contributed by atoms with van der Waals surface area (Å²) in [4.78, 5) is 18.1. The standard InChI is InChI=1S/C20H20FN7O/c1-28-8-7-12-9-15(21)16(10-13(12)11-28)24-20-25-19(17(18(22)29)26-27-20)23-14-5-3-2-4-6-14/h2-6,9-10H,7-8,11H2,1H3,(H2,22,29)(H2,23,24,25,27). The highest BCUT2D eigenvalue weighted by molar-refractivity contribution is 5.96. The van der Waals surface area contributed by atoms with Crippen LogP contribution in [0.4, 0.5) is 27.5 Å². The second kappa shape index (κ2) is 7.80. The fourth-order valence-corrected chi connectivity index (χ4v) is 3.23. The molecule has 2 heterocycles. The van der Waals surface area contributed by atoms with E-state index in [2.05, 4.69) is 30.7 Å². The molecule has 148 valence electrons. The first-order chi connectivity index (χ1) is 14.0. The number of halogens is 1. The number of carbonyl (C=O) groups excluding carboxylic acids is 1. The molecule has 1 aliphatic rings. The van der Waals surface area contributed by atoms with E-state index < -0.39 is 11.7 Å². The zero-order valence-corrected chi connectivity index (χ0v) is 15.8. The van der Waals surface area contributed by atoms with Crippen LogP contribution in [0.2, 0.25) is 0 Å². The van der Waals surface area contributed by atoms with E-state index >= 15 is 0 Å². The molecule has 4 N–H and O–H groups in total. The van der Waals surface area contributed by atoms with Crippen LogP contribution in [0.5, 0.6) is 0 Å². The molecule has 3 aromatic rings. The van der Waals surface area contributed by atoms with Gasteiger partial charge in [-0.15, -0.1) is 10.2 Å². The van der Waals surface area contributed by atoms with Gasteiger partial charge in [-0.1, -0.05) is 18.2 Å². The van der Waals surface area contributed by atoms with E-state index in [-0.39, 0.29) is 23.1 Å². The van der Waals surface area contributed by atoms with E-state index in [9.17, 15) is 9.18 Å². The normalized spacial score (nSPS) is 13.6. The zero-order chi connectivity index (χ0) is 20.4. The van der Waals surface area contributed by atoms with Crippen molar-refractivity contribution < 1.29 is 9.18 Å². The Morgan fingerprint density at radius 2 is 1.93 bits per heavy atom. The number of aromatic nitrogens is 3. The van der Waals surface area contributed by atoms with Crippen molar-refractivity contribution in [2.24, 2.45) is 5.73 Å². The molecule has 0 atom stereocenters. The van der Waals surface area contributed by atoms with Gasteiger partial charge in [-0.25, -0.2) is 4.39 Å². The van der Waals surface area contributed by atoms with Gasteiger partial charge >= 0.3 is 0 Å². The molecule has 9 heteroatoms. The molecular weight excluding hydrogens is 373 g/mol. The lowest BCUT2D eigenvalue weighted by atomic mass is 9.99. The molecule has 8 nitrogen and oxygen atoms in total. The van der Waals surface area contributed by atoms with Crippen molar-refractivity contribution in [3.63, 3.8) is 0 Å². The van der Waals surface area contributed by atoms with Gasteiger partial charge in [-0.3, -0.25) is 4.79 Å². The lowest BCUT2D eigenvalue weighted by molar-refractivity contribution is 0.0995. The third-order valence-corrected chi connectivity index (χ3v) is 4.70. The summed E-state index contributed by atoms with van der Waals surface area (Å²) in [6, 6.07) is 12.4. The Hall–Kier alpha value is -3.59. The maximum atomic E-state index is 14.6. The molecule has 0 aliphatic carbocycles. The van der Waals surface area contributed by atoms with Crippen LogP contribution in [0, 0.1) is 5.82 Å². The number of carbonyl (C=O) groups is 1. The van der Waals surface area contributed by atoms with Crippen LogP contribution in [-0.4, -0.2) is 39.6 Å². The maximum absolute atomic E-state index is 14.6. The van der Waals surface area contributed by atoms with E-state index in [1.165, 1.54) is 0 Å². The Morgan fingerprint density at radius 3 is 2.69 bits per heavy atom. The molecule has 0 radical (unpaired) electrons. The number of fused-ring (bicyclic) bond motifs is 1. The summed E-state index contributed by atoms with van der Waals surface area (Å²) in [6.45, 7) is 1.64. The number of anilines is 4. The number of amides is 1. The monoisotopic (exact) mass is 393 g/mol. The minimum absolute atomic E-state index is 0.0523. The highest BCUT2D eigenvalue weighted by Gasteiger charge is 2.19. The number of nitrogens with one attached hydrogen (secondary N) is 2. The Balaban J connectivity index is 1.65. The second-order valence-electron chi connectivity index (χ2n) is 6.90. The van der Waals surface area contributed by atoms with Crippen molar-refractivity contribution in [3.05, 3.63) is 65.1 Å². The van der Waals surface area contributed by atoms with Crippen LogP contribution < -0.4 is 16.4 Å². The van der Waals surface area contributed by atoms with Crippen molar-refractivity contribution in [1.29, 1.82) is 0 Å². The van der Waals surface area contributed by atoms with Gasteiger partial charge in [0.25, 0.3) is 5.91 Å². The molecule has 0 saturated heterocycles. The number of nitrogens with zero attached hydrogens (tertiary/aromatic N) is 4. The minimum Gasteiger partial charge on any atom is -0.364 e. The number of primary amides is 1. The van der Waals surface area contributed by atoms with E-state index in [0.717, 1.165) is 30.6 Å². The molecule has 2 aromatic carbocycles. The van der Waals surface area contributed by atoms with Gasteiger partial charge in [0, 0.05) is 18.8 Å².